The second-order valence-corrected chi connectivity index (χ2v) is 1.95. The normalized spacial score (nSPS) is 13.1. The van der Waals surface area contributed by atoms with Crippen molar-refractivity contribution in [2.75, 3.05) is 7.11 Å². The third-order valence-electron chi connectivity index (χ3n) is 0.955. The molecule has 0 aliphatic heterocycles. The predicted molar refractivity (Wildman–Crippen MR) is 37.9 cm³/mol. The lowest BCUT2D eigenvalue weighted by molar-refractivity contribution is -0.158. The molecule has 0 fully saturated rings. The van der Waals surface area contributed by atoms with Crippen LogP contribution in [0.15, 0.2) is 0 Å². The largest absolute Gasteiger partial charge is 0.468 e. The molecule has 0 spiro atoms. The van der Waals surface area contributed by atoms with Crippen LogP contribution in [-0.2, 0) is 9.53 Å². The minimum absolute atomic E-state index is 0. The van der Waals surface area contributed by atoms with Crippen LogP contribution in [0, 0.1) is 0 Å². The molecule has 0 rings (SSSR count). The lowest BCUT2D eigenvalue weighted by atomic mass is 10.2. The first kappa shape index (κ1) is 14.1. The van der Waals surface area contributed by atoms with Crippen molar-refractivity contribution in [3.63, 3.8) is 0 Å². The molecule has 1 atom stereocenters. The van der Waals surface area contributed by atoms with Crippen molar-refractivity contribution in [1.29, 1.82) is 0 Å². The van der Waals surface area contributed by atoms with E-state index in [2.05, 4.69) is 4.74 Å². The van der Waals surface area contributed by atoms with Crippen LogP contribution in [0.4, 0.5) is 13.2 Å². The molecule has 2 N–H and O–H groups in total. The van der Waals surface area contributed by atoms with Gasteiger partial charge in [0.1, 0.15) is 6.04 Å². The molecule has 7 heteroatoms. The van der Waals surface area contributed by atoms with Gasteiger partial charge >= 0.3 is 12.1 Å². The summed E-state index contributed by atoms with van der Waals surface area (Å²) in [7, 11) is 0.985. The number of ether oxygens (including phenoxy) is 1. The second-order valence-electron chi connectivity index (χ2n) is 1.95. The number of hydrogen-bond donors (Lipinski definition) is 1. The quantitative estimate of drug-likeness (QED) is 0.684. The van der Waals surface area contributed by atoms with Crippen LogP contribution >= 0.6 is 12.4 Å². The maximum atomic E-state index is 11.5. The molecule has 12 heavy (non-hydrogen) atoms. The number of carbonyl (C=O) groups excluding carboxylic acids is 1. The Labute approximate surface area is 73.5 Å². The van der Waals surface area contributed by atoms with E-state index in [9.17, 15) is 18.0 Å². The van der Waals surface area contributed by atoms with Gasteiger partial charge in [0.05, 0.1) is 13.5 Å². The molecule has 3 nitrogen and oxygen atoms in total. The average Bonchev–Trinajstić information content (AvgIpc) is 1.82. The van der Waals surface area contributed by atoms with Crippen molar-refractivity contribution >= 4 is 18.4 Å². The number of alkyl halides is 3. The van der Waals surface area contributed by atoms with Gasteiger partial charge in [-0.25, -0.2) is 0 Å². The van der Waals surface area contributed by atoms with Gasteiger partial charge in [-0.05, 0) is 0 Å². The number of carbonyl (C=O) groups is 1. The summed E-state index contributed by atoms with van der Waals surface area (Å²) in [6, 6.07) is -1.61. The summed E-state index contributed by atoms with van der Waals surface area (Å²) < 4.78 is 38.5. The molecule has 0 radical (unpaired) electrons. The molecule has 0 saturated carbocycles. The van der Waals surface area contributed by atoms with Crippen molar-refractivity contribution in [2.24, 2.45) is 5.73 Å². The summed E-state index contributed by atoms with van der Waals surface area (Å²) >= 11 is 0. The van der Waals surface area contributed by atoms with Gasteiger partial charge in [-0.15, -0.1) is 12.4 Å². The molecule has 0 aromatic carbocycles. The number of rotatable bonds is 2. The summed E-state index contributed by atoms with van der Waals surface area (Å²) in [6.45, 7) is 0. The molecule has 0 bridgehead atoms. The zero-order valence-corrected chi connectivity index (χ0v) is 7.04. The van der Waals surface area contributed by atoms with Crippen LogP contribution in [0.3, 0.4) is 0 Å². The van der Waals surface area contributed by atoms with Gasteiger partial charge in [0.25, 0.3) is 0 Å². The summed E-state index contributed by atoms with van der Waals surface area (Å²) in [5, 5.41) is 0. The van der Waals surface area contributed by atoms with Crippen LogP contribution in [0.25, 0.3) is 0 Å². The van der Waals surface area contributed by atoms with Crippen LogP contribution in [0.2, 0.25) is 0 Å². The first-order valence-corrected chi connectivity index (χ1v) is 2.77. The van der Waals surface area contributed by atoms with E-state index in [-0.39, 0.29) is 12.4 Å². The monoisotopic (exact) mass is 207 g/mol. The minimum atomic E-state index is -4.42. The Morgan fingerprint density at radius 2 is 2.00 bits per heavy atom. The van der Waals surface area contributed by atoms with Crippen molar-refractivity contribution in [1.82, 2.24) is 0 Å². The Bertz CT molecular complexity index is 150. The molecular formula is C5H9ClF3NO2. The van der Waals surface area contributed by atoms with Gasteiger partial charge < -0.3 is 10.5 Å². The van der Waals surface area contributed by atoms with Crippen molar-refractivity contribution < 1.29 is 22.7 Å². The Balaban J connectivity index is 0. The molecule has 0 unspecified atom stereocenters. The number of hydrogen-bond acceptors (Lipinski definition) is 3. The Morgan fingerprint density at radius 3 is 2.25 bits per heavy atom. The fourth-order valence-corrected chi connectivity index (χ4v) is 0.484. The zero-order chi connectivity index (χ0) is 9.07. The summed E-state index contributed by atoms with van der Waals surface area (Å²) in [5.74, 6) is -1.05. The highest BCUT2D eigenvalue weighted by Crippen LogP contribution is 2.20. The molecule has 0 aliphatic carbocycles. The van der Waals surface area contributed by atoms with E-state index in [0.29, 0.717) is 0 Å². The third kappa shape index (κ3) is 6.23. The van der Waals surface area contributed by atoms with E-state index in [1.165, 1.54) is 0 Å². The SMILES string of the molecule is COC(=O)[C@@H](N)CC(F)(F)F.Cl. The summed E-state index contributed by atoms with van der Waals surface area (Å²) in [4.78, 5) is 10.3. The number of halogens is 4. The van der Waals surface area contributed by atoms with Gasteiger partial charge in [0.2, 0.25) is 0 Å². The van der Waals surface area contributed by atoms with Gasteiger partial charge in [-0.3, -0.25) is 4.79 Å². The van der Waals surface area contributed by atoms with E-state index in [0.717, 1.165) is 7.11 Å². The molecule has 0 aromatic rings. The maximum absolute atomic E-state index is 11.5. The third-order valence-corrected chi connectivity index (χ3v) is 0.955. The number of esters is 1. The smallest absolute Gasteiger partial charge is 0.391 e. The predicted octanol–water partition coefficient (Wildman–Crippen LogP) is 0.861. The molecule has 74 valence electrons. The van der Waals surface area contributed by atoms with E-state index in [4.69, 9.17) is 5.73 Å². The molecular weight excluding hydrogens is 199 g/mol. The first-order chi connectivity index (χ1) is 4.87. The van der Waals surface area contributed by atoms with Crippen molar-refractivity contribution in [3.05, 3.63) is 0 Å². The van der Waals surface area contributed by atoms with E-state index < -0.39 is 24.6 Å². The minimum Gasteiger partial charge on any atom is -0.468 e. The zero-order valence-electron chi connectivity index (χ0n) is 6.22. The summed E-state index contributed by atoms with van der Waals surface area (Å²) in [5.41, 5.74) is 4.82. The van der Waals surface area contributed by atoms with Crippen LogP contribution in [0.5, 0.6) is 0 Å². The van der Waals surface area contributed by atoms with Gasteiger partial charge in [-0.2, -0.15) is 13.2 Å². The molecule has 0 saturated heterocycles. The standard InChI is InChI=1S/C5H8F3NO2.ClH/c1-11-4(10)3(9)2-5(6,7)8;/h3H,2,9H2,1H3;1H/t3-;/m0./s1. The molecule has 0 aliphatic rings. The first-order valence-electron chi connectivity index (χ1n) is 2.77. The van der Waals surface area contributed by atoms with E-state index >= 15 is 0 Å². The van der Waals surface area contributed by atoms with Gasteiger partial charge in [0, 0.05) is 0 Å². The lowest BCUT2D eigenvalue weighted by Gasteiger charge is -2.10. The van der Waals surface area contributed by atoms with Crippen molar-refractivity contribution in [2.45, 2.75) is 18.6 Å². The Kier molecular flexibility index (Phi) is 6.10. The fourth-order valence-electron chi connectivity index (χ4n) is 0.484. The highest BCUT2D eigenvalue weighted by Gasteiger charge is 2.33. The van der Waals surface area contributed by atoms with Crippen LogP contribution in [-0.4, -0.2) is 25.3 Å². The van der Waals surface area contributed by atoms with Gasteiger partial charge in [0.15, 0.2) is 0 Å². The molecule has 0 aromatic heterocycles. The van der Waals surface area contributed by atoms with Crippen LogP contribution < -0.4 is 5.73 Å². The number of methoxy groups -OCH3 is 1. The van der Waals surface area contributed by atoms with Gasteiger partial charge in [-0.1, -0.05) is 0 Å². The summed E-state index contributed by atoms with van der Waals surface area (Å²) in [6.07, 6.45) is -5.77. The highest BCUT2D eigenvalue weighted by molar-refractivity contribution is 5.85. The molecule has 0 amide bonds. The second kappa shape index (κ2) is 5.21. The van der Waals surface area contributed by atoms with E-state index in [1.54, 1.807) is 0 Å². The lowest BCUT2D eigenvalue weighted by Crippen LogP contribution is -2.36. The Hall–Kier alpha value is -0.490. The van der Waals surface area contributed by atoms with Crippen LogP contribution in [0.1, 0.15) is 6.42 Å². The topological polar surface area (TPSA) is 52.3 Å². The average molecular weight is 208 g/mol. The fraction of sp³-hybridized carbons (Fsp3) is 0.800. The van der Waals surface area contributed by atoms with E-state index in [1.807, 2.05) is 0 Å². The Morgan fingerprint density at radius 1 is 1.58 bits per heavy atom. The highest BCUT2D eigenvalue weighted by atomic mass is 35.5. The van der Waals surface area contributed by atoms with Crippen molar-refractivity contribution in [3.8, 4) is 0 Å². The number of nitrogens with two attached hydrogens (primary N) is 1. The molecule has 0 heterocycles. The maximum Gasteiger partial charge on any atom is 0.391 e.